The van der Waals surface area contributed by atoms with Gasteiger partial charge >= 0.3 is 0 Å². The average Bonchev–Trinajstić information content (AvgIpc) is 3.35. The Kier molecular flexibility index (Phi) is 4.91. The Hall–Kier alpha value is -2.37. The van der Waals surface area contributed by atoms with Crippen LogP contribution in [0.2, 0.25) is 0 Å². The normalized spacial score (nSPS) is 18.3. The van der Waals surface area contributed by atoms with E-state index in [9.17, 15) is 4.79 Å². The van der Waals surface area contributed by atoms with Crippen LogP contribution in [-0.4, -0.2) is 28.5 Å². The number of hydrogen-bond acceptors (Lipinski definition) is 3. The first-order chi connectivity index (χ1) is 12.7. The molecule has 0 radical (unpaired) electrons. The van der Waals surface area contributed by atoms with Crippen LogP contribution in [0, 0.1) is 0 Å². The zero-order valence-electron chi connectivity index (χ0n) is 14.8. The van der Waals surface area contributed by atoms with Gasteiger partial charge in [0.05, 0.1) is 12.6 Å². The highest BCUT2D eigenvalue weighted by Gasteiger charge is 2.26. The summed E-state index contributed by atoms with van der Waals surface area (Å²) >= 11 is 1.67. The minimum atomic E-state index is -0.0901. The first-order valence-electron chi connectivity index (χ1n) is 8.99. The fourth-order valence-electron chi connectivity index (χ4n) is 3.65. The predicted octanol–water partition coefficient (Wildman–Crippen LogP) is 3.83. The maximum absolute atomic E-state index is 12.8. The number of fused-ring (bicyclic) bond motifs is 1. The van der Waals surface area contributed by atoms with Gasteiger partial charge in [0.15, 0.2) is 0 Å². The Labute approximate surface area is 158 Å². The quantitative estimate of drug-likeness (QED) is 0.746. The topological polar surface area (TPSA) is 37.3 Å². The van der Waals surface area contributed by atoms with Crippen molar-refractivity contribution in [1.82, 2.24) is 14.8 Å². The number of aromatic nitrogens is 1. The molecule has 5 heteroatoms. The van der Waals surface area contributed by atoms with E-state index >= 15 is 0 Å². The van der Waals surface area contributed by atoms with Crippen molar-refractivity contribution in [1.29, 1.82) is 0 Å². The molecule has 0 fully saturated rings. The van der Waals surface area contributed by atoms with Gasteiger partial charge in [-0.2, -0.15) is 0 Å². The van der Waals surface area contributed by atoms with Crippen LogP contribution in [-0.2, 0) is 11.3 Å². The molecule has 2 aromatic heterocycles. The summed E-state index contributed by atoms with van der Waals surface area (Å²) in [6.07, 6.45) is 2.12. The molecule has 0 unspecified atom stereocenters. The lowest BCUT2D eigenvalue weighted by Crippen LogP contribution is -2.44. The number of rotatable bonds is 5. The predicted molar refractivity (Wildman–Crippen MR) is 105 cm³/mol. The first-order valence-corrected chi connectivity index (χ1v) is 9.87. The number of benzene rings is 1. The molecule has 26 heavy (non-hydrogen) atoms. The highest BCUT2D eigenvalue weighted by Crippen LogP contribution is 2.27. The Morgan fingerprint density at radius 1 is 1.15 bits per heavy atom. The van der Waals surface area contributed by atoms with Crippen molar-refractivity contribution in [3.63, 3.8) is 0 Å². The Morgan fingerprint density at radius 3 is 2.77 bits per heavy atom. The number of hydrogen-bond donors (Lipinski definition) is 1. The molecule has 4 nitrogen and oxygen atoms in total. The molecule has 0 saturated heterocycles. The van der Waals surface area contributed by atoms with Crippen LogP contribution in [0.15, 0.2) is 66.2 Å². The van der Waals surface area contributed by atoms with E-state index in [1.165, 1.54) is 5.69 Å². The van der Waals surface area contributed by atoms with Crippen LogP contribution >= 0.6 is 11.3 Å². The number of carbonyl (C=O) groups excluding carboxylic acids is 1. The highest BCUT2D eigenvalue weighted by molar-refractivity contribution is 7.10. The van der Waals surface area contributed by atoms with Gasteiger partial charge in [0, 0.05) is 35.9 Å². The lowest BCUT2D eigenvalue weighted by molar-refractivity contribution is -0.123. The molecule has 1 N–H and O–H groups in total. The number of nitrogens with zero attached hydrogens (tertiary/aromatic N) is 2. The summed E-state index contributed by atoms with van der Waals surface area (Å²) < 4.78 is 2.28. The second-order valence-electron chi connectivity index (χ2n) is 6.70. The fourth-order valence-corrected chi connectivity index (χ4v) is 4.46. The average molecular weight is 366 g/mol. The van der Waals surface area contributed by atoms with Crippen molar-refractivity contribution in [3.05, 3.63) is 82.3 Å². The van der Waals surface area contributed by atoms with E-state index in [-0.39, 0.29) is 18.0 Å². The molecule has 1 aliphatic heterocycles. The third-order valence-electron chi connectivity index (χ3n) is 5.08. The van der Waals surface area contributed by atoms with Gasteiger partial charge in [-0.05, 0) is 36.1 Å². The van der Waals surface area contributed by atoms with Gasteiger partial charge < -0.3 is 9.88 Å². The van der Waals surface area contributed by atoms with Crippen LogP contribution in [0.1, 0.15) is 35.1 Å². The van der Waals surface area contributed by atoms with Crippen LogP contribution in [0.5, 0.6) is 0 Å². The molecule has 0 saturated carbocycles. The summed E-state index contributed by atoms with van der Waals surface area (Å²) in [6.45, 7) is 4.42. The van der Waals surface area contributed by atoms with E-state index in [4.69, 9.17) is 0 Å². The van der Waals surface area contributed by atoms with Gasteiger partial charge in [0.1, 0.15) is 0 Å². The molecule has 3 heterocycles. The van der Waals surface area contributed by atoms with Crippen molar-refractivity contribution in [3.8, 4) is 0 Å². The van der Waals surface area contributed by atoms with Crippen LogP contribution in [0.4, 0.5) is 0 Å². The SMILES string of the molecule is C[C@H]1c2cccn2CCN1CC(=O)N[C@H](c1ccccc1)c1cccs1. The van der Waals surface area contributed by atoms with Gasteiger partial charge in [0.2, 0.25) is 5.91 Å². The molecule has 4 rings (SSSR count). The summed E-state index contributed by atoms with van der Waals surface area (Å²) in [5, 5.41) is 5.30. The highest BCUT2D eigenvalue weighted by atomic mass is 32.1. The van der Waals surface area contributed by atoms with Crippen molar-refractivity contribution in [2.75, 3.05) is 13.1 Å². The Bertz CT molecular complexity index is 857. The van der Waals surface area contributed by atoms with Gasteiger partial charge in [-0.3, -0.25) is 9.69 Å². The third-order valence-corrected chi connectivity index (χ3v) is 6.02. The molecule has 3 aromatic rings. The molecule has 0 bridgehead atoms. The standard InChI is InChI=1S/C21H23N3OS/c1-16-18-9-5-11-23(18)12-13-24(16)15-20(25)22-21(19-10-6-14-26-19)17-7-3-2-4-8-17/h2-11,14,16,21H,12-13,15H2,1H3,(H,22,25)/t16-,21+/m0/s1. The van der Waals surface area contributed by atoms with Gasteiger partial charge in [0.25, 0.3) is 0 Å². The molecular formula is C21H23N3OS. The van der Waals surface area contributed by atoms with Crippen LogP contribution < -0.4 is 5.32 Å². The molecule has 134 valence electrons. The smallest absolute Gasteiger partial charge is 0.234 e. The number of nitrogens with one attached hydrogen (secondary N) is 1. The maximum Gasteiger partial charge on any atom is 0.234 e. The number of carbonyl (C=O) groups is 1. The Balaban J connectivity index is 1.48. The lowest BCUT2D eigenvalue weighted by Gasteiger charge is -2.34. The van der Waals surface area contributed by atoms with E-state index in [0.29, 0.717) is 6.54 Å². The van der Waals surface area contributed by atoms with E-state index in [1.807, 2.05) is 24.3 Å². The van der Waals surface area contributed by atoms with Crippen LogP contribution in [0.3, 0.4) is 0 Å². The summed E-state index contributed by atoms with van der Waals surface area (Å²) in [4.78, 5) is 16.2. The Morgan fingerprint density at radius 2 is 2.00 bits per heavy atom. The zero-order chi connectivity index (χ0) is 17.9. The fraction of sp³-hybridized carbons (Fsp3) is 0.286. The first kappa shape index (κ1) is 17.1. The molecule has 2 atom stereocenters. The van der Waals surface area contributed by atoms with E-state index in [2.05, 4.69) is 63.6 Å². The lowest BCUT2D eigenvalue weighted by atomic mass is 10.1. The summed E-state index contributed by atoms with van der Waals surface area (Å²) in [7, 11) is 0. The van der Waals surface area contributed by atoms with Gasteiger partial charge in [-0.25, -0.2) is 0 Å². The third kappa shape index (κ3) is 3.45. The second-order valence-corrected chi connectivity index (χ2v) is 7.68. The summed E-state index contributed by atoms with van der Waals surface area (Å²) in [6, 6.07) is 18.7. The van der Waals surface area contributed by atoms with Crippen LogP contribution in [0.25, 0.3) is 0 Å². The van der Waals surface area contributed by atoms with E-state index < -0.39 is 0 Å². The van der Waals surface area contributed by atoms with Gasteiger partial charge in [-0.15, -0.1) is 11.3 Å². The molecule has 0 spiro atoms. The summed E-state index contributed by atoms with van der Waals surface area (Å²) in [5.41, 5.74) is 2.39. The van der Waals surface area contributed by atoms with Crippen molar-refractivity contribution >= 4 is 17.2 Å². The number of thiophene rings is 1. The molecule has 1 amide bonds. The second kappa shape index (κ2) is 7.48. The largest absolute Gasteiger partial charge is 0.349 e. The minimum Gasteiger partial charge on any atom is -0.349 e. The van der Waals surface area contributed by atoms with Crippen molar-refractivity contribution < 1.29 is 4.79 Å². The maximum atomic E-state index is 12.8. The zero-order valence-corrected chi connectivity index (χ0v) is 15.7. The molecule has 0 aliphatic carbocycles. The molecule has 1 aromatic carbocycles. The summed E-state index contributed by atoms with van der Waals surface area (Å²) in [5.74, 6) is 0.0686. The van der Waals surface area contributed by atoms with Gasteiger partial charge in [-0.1, -0.05) is 36.4 Å². The van der Waals surface area contributed by atoms with Crippen molar-refractivity contribution in [2.45, 2.75) is 25.6 Å². The van der Waals surface area contributed by atoms with Crippen molar-refractivity contribution in [2.24, 2.45) is 0 Å². The van der Waals surface area contributed by atoms with E-state index in [1.54, 1.807) is 11.3 Å². The monoisotopic (exact) mass is 365 g/mol. The number of amides is 1. The molecule has 1 aliphatic rings. The molecular weight excluding hydrogens is 342 g/mol. The minimum absolute atomic E-state index is 0.0686. The van der Waals surface area contributed by atoms with E-state index in [0.717, 1.165) is 23.5 Å².